The van der Waals surface area contributed by atoms with Crippen molar-refractivity contribution in [1.29, 1.82) is 0 Å². The number of nitrogens with zero attached hydrogens (tertiary/aromatic N) is 1. The third-order valence-corrected chi connectivity index (χ3v) is 3.13. The fraction of sp³-hybridized carbons (Fsp3) is 0.929. The molecule has 1 rings (SSSR count). The molecule has 1 aliphatic heterocycles. The number of amides is 1. The Bertz CT molecular complexity index is 289. The number of ether oxygens (including phenoxy) is 1. The van der Waals surface area contributed by atoms with Gasteiger partial charge in [-0.2, -0.15) is 0 Å². The minimum Gasteiger partial charge on any atom is -0.444 e. The number of hydrogen-bond acceptors (Lipinski definition) is 3. The molecule has 0 aromatic carbocycles. The normalized spacial score (nSPS) is 21.2. The fourth-order valence-electron chi connectivity index (χ4n) is 2.14. The van der Waals surface area contributed by atoms with Crippen LogP contribution in [0.1, 0.15) is 53.9 Å². The first-order valence-corrected chi connectivity index (χ1v) is 6.84. The van der Waals surface area contributed by atoms with Gasteiger partial charge in [-0.3, -0.25) is 0 Å². The van der Waals surface area contributed by atoms with E-state index in [4.69, 9.17) is 10.5 Å². The second-order valence-corrected chi connectivity index (χ2v) is 7.11. The summed E-state index contributed by atoms with van der Waals surface area (Å²) in [5, 5.41) is 0. The smallest absolute Gasteiger partial charge is 0.410 e. The third-order valence-electron chi connectivity index (χ3n) is 3.13. The Morgan fingerprint density at radius 1 is 1.33 bits per heavy atom. The molecule has 2 N–H and O–H groups in total. The topological polar surface area (TPSA) is 55.6 Å². The van der Waals surface area contributed by atoms with Gasteiger partial charge in [-0.25, -0.2) is 4.79 Å². The lowest BCUT2D eigenvalue weighted by molar-refractivity contribution is 0.0287. The second kappa shape index (κ2) is 5.47. The molecule has 0 saturated carbocycles. The monoisotopic (exact) mass is 256 g/mol. The van der Waals surface area contributed by atoms with E-state index in [9.17, 15) is 4.79 Å². The standard InChI is InChI=1S/C14H28N2O2/c1-13(2,3)18-12(17)16-9-7-11(10-16)6-8-14(4,5)15/h11H,6-10,15H2,1-5H3. The van der Waals surface area contributed by atoms with E-state index in [-0.39, 0.29) is 11.6 Å². The van der Waals surface area contributed by atoms with E-state index in [1.54, 1.807) is 0 Å². The summed E-state index contributed by atoms with van der Waals surface area (Å²) in [6.45, 7) is 11.4. The first-order chi connectivity index (χ1) is 8.07. The van der Waals surface area contributed by atoms with E-state index in [0.29, 0.717) is 5.92 Å². The van der Waals surface area contributed by atoms with E-state index in [1.165, 1.54) is 0 Å². The van der Waals surface area contributed by atoms with Crippen molar-refractivity contribution in [1.82, 2.24) is 4.90 Å². The van der Waals surface area contributed by atoms with Gasteiger partial charge in [0.2, 0.25) is 0 Å². The van der Waals surface area contributed by atoms with Crippen molar-refractivity contribution in [3.8, 4) is 0 Å². The van der Waals surface area contributed by atoms with Crippen LogP contribution in [0.3, 0.4) is 0 Å². The molecule has 1 saturated heterocycles. The first kappa shape index (κ1) is 15.3. The van der Waals surface area contributed by atoms with Crippen molar-refractivity contribution in [2.45, 2.75) is 65.0 Å². The molecular weight excluding hydrogens is 228 g/mol. The molecule has 0 aliphatic carbocycles. The van der Waals surface area contributed by atoms with Crippen LogP contribution in [0.15, 0.2) is 0 Å². The largest absolute Gasteiger partial charge is 0.444 e. The van der Waals surface area contributed by atoms with Gasteiger partial charge in [0.05, 0.1) is 0 Å². The summed E-state index contributed by atoms with van der Waals surface area (Å²) >= 11 is 0. The van der Waals surface area contributed by atoms with E-state index in [1.807, 2.05) is 39.5 Å². The number of nitrogens with two attached hydrogens (primary N) is 1. The predicted octanol–water partition coefficient (Wildman–Crippen LogP) is 2.76. The van der Waals surface area contributed by atoms with E-state index in [0.717, 1.165) is 32.4 Å². The lowest BCUT2D eigenvalue weighted by atomic mass is 9.93. The summed E-state index contributed by atoms with van der Waals surface area (Å²) in [6.07, 6.45) is 2.97. The van der Waals surface area contributed by atoms with Crippen LogP contribution < -0.4 is 5.73 Å². The minimum absolute atomic E-state index is 0.112. The molecule has 4 heteroatoms. The number of hydrogen-bond donors (Lipinski definition) is 1. The van der Waals surface area contributed by atoms with Crippen LogP contribution in [0.4, 0.5) is 4.79 Å². The van der Waals surface area contributed by atoms with Gasteiger partial charge < -0.3 is 15.4 Å². The molecule has 0 radical (unpaired) electrons. The number of likely N-dealkylation sites (tertiary alicyclic amines) is 1. The Morgan fingerprint density at radius 3 is 2.44 bits per heavy atom. The van der Waals surface area contributed by atoms with Crippen LogP contribution in [0, 0.1) is 5.92 Å². The maximum atomic E-state index is 11.9. The van der Waals surface area contributed by atoms with E-state index < -0.39 is 5.60 Å². The van der Waals surface area contributed by atoms with Crippen molar-refractivity contribution in [2.75, 3.05) is 13.1 Å². The van der Waals surface area contributed by atoms with Crippen LogP contribution in [-0.2, 0) is 4.74 Å². The zero-order chi connectivity index (χ0) is 14.0. The molecule has 1 fully saturated rings. The van der Waals surface area contributed by atoms with Crippen molar-refractivity contribution < 1.29 is 9.53 Å². The Labute approximate surface area is 111 Å². The van der Waals surface area contributed by atoms with Crippen LogP contribution in [0.5, 0.6) is 0 Å². The van der Waals surface area contributed by atoms with Gasteiger partial charge in [0.1, 0.15) is 5.60 Å². The molecule has 0 bridgehead atoms. The van der Waals surface area contributed by atoms with Crippen molar-refractivity contribution in [3.63, 3.8) is 0 Å². The summed E-state index contributed by atoms with van der Waals surface area (Å²) < 4.78 is 5.38. The average molecular weight is 256 g/mol. The van der Waals surface area contributed by atoms with Gasteiger partial charge in [-0.05, 0) is 59.8 Å². The molecule has 106 valence electrons. The Kier molecular flexibility index (Phi) is 4.65. The number of rotatable bonds is 3. The molecule has 4 nitrogen and oxygen atoms in total. The maximum Gasteiger partial charge on any atom is 0.410 e. The van der Waals surface area contributed by atoms with Gasteiger partial charge in [0.15, 0.2) is 0 Å². The third kappa shape index (κ3) is 5.71. The first-order valence-electron chi connectivity index (χ1n) is 6.84. The number of carbonyl (C=O) groups is 1. The quantitative estimate of drug-likeness (QED) is 0.844. The molecule has 0 aromatic rings. The Balaban J connectivity index is 2.35. The van der Waals surface area contributed by atoms with Crippen molar-refractivity contribution >= 4 is 6.09 Å². The summed E-state index contributed by atoms with van der Waals surface area (Å²) in [4.78, 5) is 13.7. The van der Waals surface area contributed by atoms with E-state index in [2.05, 4.69) is 0 Å². The lowest BCUT2D eigenvalue weighted by Crippen LogP contribution is -2.35. The van der Waals surface area contributed by atoms with Gasteiger partial charge in [-0.1, -0.05) is 0 Å². The number of carbonyl (C=O) groups excluding carboxylic acids is 1. The maximum absolute atomic E-state index is 11.9. The van der Waals surface area contributed by atoms with E-state index >= 15 is 0 Å². The lowest BCUT2D eigenvalue weighted by Gasteiger charge is -2.25. The summed E-state index contributed by atoms with van der Waals surface area (Å²) in [5.74, 6) is 0.570. The highest BCUT2D eigenvalue weighted by molar-refractivity contribution is 5.68. The van der Waals surface area contributed by atoms with Crippen molar-refractivity contribution in [2.24, 2.45) is 11.7 Å². The minimum atomic E-state index is -0.408. The Hall–Kier alpha value is -0.770. The van der Waals surface area contributed by atoms with Gasteiger partial charge >= 0.3 is 6.09 Å². The second-order valence-electron chi connectivity index (χ2n) is 7.11. The Morgan fingerprint density at radius 2 is 1.94 bits per heavy atom. The predicted molar refractivity (Wildman–Crippen MR) is 73.4 cm³/mol. The molecule has 1 unspecified atom stereocenters. The SMILES string of the molecule is CC(C)(N)CCC1CCN(C(=O)OC(C)(C)C)C1. The van der Waals surface area contributed by atoms with Crippen LogP contribution in [0.2, 0.25) is 0 Å². The van der Waals surface area contributed by atoms with Crippen LogP contribution >= 0.6 is 0 Å². The molecule has 1 heterocycles. The van der Waals surface area contributed by atoms with Crippen LogP contribution in [0.25, 0.3) is 0 Å². The van der Waals surface area contributed by atoms with Gasteiger partial charge in [0, 0.05) is 18.6 Å². The molecule has 0 spiro atoms. The average Bonchev–Trinajstić information content (AvgIpc) is 2.58. The van der Waals surface area contributed by atoms with Crippen molar-refractivity contribution in [3.05, 3.63) is 0 Å². The molecule has 0 aromatic heterocycles. The van der Waals surface area contributed by atoms with Crippen LogP contribution in [-0.4, -0.2) is 35.2 Å². The highest BCUT2D eigenvalue weighted by Gasteiger charge is 2.30. The highest BCUT2D eigenvalue weighted by atomic mass is 16.6. The molecule has 18 heavy (non-hydrogen) atoms. The van der Waals surface area contributed by atoms with Gasteiger partial charge in [-0.15, -0.1) is 0 Å². The molecule has 1 atom stereocenters. The zero-order valence-electron chi connectivity index (χ0n) is 12.5. The molecule has 1 amide bonds. The summed E-state index contributed by atoms with van der Waals surface area (Å²) in [5.41, 5.74) is 5.47. The zero-order valence-corrected chi connectivity index (χ0v) is 12.5. The summed E-state index contributed by atoms with van der Waals surface area (Å²) in [6, 6.07) is 0. The molecule has 1 aliphatic rings. The highest BCUT2D eigenvalue weighted by Crippen LogP contribution is 2.25. The van der Waals surface area contributed by atoms with Gasteiger partial charge in [0.25, 0.3) is 0 Å². The fourth-order valence-corrected chi connectivity index (χ4v) is 2.14. The molecular formula is C14H28N2O2. The summed E-state index contributed by atoms with van der Waals surface area (Å²) in [7, 11) is 0.